The lowest BCUT2D eigenvalue weighted by molar-refractivity contribution is 0.264. The lowest BCUT2D eigenvalue weighted by Gasteiger charge is -2.30. The van der Waals surface area contributed by atoms with Gasteiger partial charge in [0.25, 0.3) is 0 Å². The molecule has 3 rings (SSSR count). The summed E-state index contributed by atoms with van der Waals surface area (Å²) >= 11 is 0. The second-order valence-electron chi connectivity index (χ2n) is 5.47. The molecule has 0 unspecified atom stereocenters. The predicted octanol–water partition coefficient (Wildman–Crippen LogP) is 2.08. The molecule has 106 valence electrons. The van der Waals surface area contributed by atoms with Crippen LogP contribution >= 0.6 is 0 Å². The van der Waals surface area contributed by atoms with Crippen molar-refractivity contribution in [2.75, 3.05) is 25.5 Å². The van der Waals surface area contributed by atoms with Crippen molar-refractivity contribution in [1.29, 1.82) is 0 Å². The summed E-state index contributed by atoms with van der Waals surface area (Å²) in [6.45, 7) is 4.31. The van der Waals surface area contributed by atoms with Crippen molar-refractivity contribution in [2.45, 2.75) is 25.8 Å². The highest BCUT2D eigenvalue weighted by molar-refractivity contribution is 5.44. The van der Waals surface area contributed by atoms with Gasteiger partial charge in [0.2, 0.25) is 0 Å². The van der Waals surface area contributed by atoms with Crippen molar-refractivity contribution in [3.8, 4) is 5.82 Å². The normalized spacial score (nSPS) is 17.3. The van der Waals surface area contributed by atoms with Gasteiger partial charge in [-0.25, -0.2) is 9.97 Å². The number of nitrogens with zero attached hydrogens (tertiary/aromatic N) is 4. The molecule has 0 amide bonds. The van der Waals surface area contributed by atoms with E-state index in [1.807, 2.05) is 30.0 Å². The Labute approximate surface area is 119 Å². The third-order valence-corrected chi connectivity index (χ3v) is 3.91. The maximum absolute atomic E-state index is 4.51. The van der Waals surface area contributed by atoms with Gasteiger partial charge in [-0.3, -0.25) is 4.57 Å². The molecule has 1 aliphatic heterocycles. The summed E-state index contributed by atoms with van der Waals surface area (Å²) in [5.74, 6) is 1.86. The highest BCUT2D eigenvalue weighted by Crippen LogP contribution is 2.16. The summed E-state index contributed by atoms with van der Waals surface area (Å²) in [6, 6.07) is 4.69. The molecule has 0 radical (unpaired) electrons. The summed E-state index contributed by atoms with van der Waals surface area (Å²) < 4.78 is 1.99. The Morgan fingerprint density at radius 3 is 2.60 bits per heavy atom. The predicted molar refractivity (Wildman–Crippen MR) is 80.2 cm³/mol. The van der Waals surface area contributed by atoms with E-state index in [4.69, 9.17) is 0 Å². The molecule has 1 fully saturated rings. The van der Waals surface area contributed by atoms with Crippen LogP contribution in [-0.2, 0) is 0 Å². The van der Waals surface area contributed by atoms with Crippen LogP contribution < -0.4 is 5.32 Å². The van der Waals surface area contributed by atoms with Gasteiger partial charge in [0.1, 0.15) is 11.6 Å². The molecule has 0 aromatic carbocycles. The first-order chi connectivity index (χ1) is 9.72. The van der Waals surface area contributed by atoms with Crippen molar-refractivity contribution in [3.05, 3.63) is 36.5 Å². The Kier molecular flexibility index (Phi) is 3.69. The summed E-state index contributed by atoms with van der Waals surface area (Å²) in [6.07, 6.45) is 8.02. The molecular formula is C15H21N5. The largest absolute Gasteiger partial charge is 0.381 e. The van der Waals surface area contributed by atoms with Crippen molar-refractivity contribution in [3.63, 3.8) is 0 Å². The van der Waals surface area contributed by atoms with Crippen LogP contribution in [0.1, 0.15) is 18.7 Å². The molecule has 5 heteroatoms. The Morgan fingerprint density at radius 1 is 1.20 bits per heavy atom. The van der Waals surface area contributed by atoms with Gasteiger partial charge < -0.3 is 10.2 Å². The summed E-state index contributed by atoms with van der Waals surface area (Å²) in [5.41, 5.74) is 1.10. The molecule has 5 nitrogen and oxygen atoms in total. The van der Waals surface area contributed by atoms with Crippen LogP contribution in [0.15, 0.2) is 30.7 Å². The first-order valence-electron chi connectivity index (χ1n) is 7.14. The van der Waals surface area contributed by atoms with Gasteiger partial charge in [0.05, 0.1) is 11.9 Å². The standard InChI is InChI=1S/C15H21N5/c1-12-16-7-10-20(12)15-4-3-14(11-17-15)18-13-5-8-19(2)9-6-13/h3-4,7,10-11,13,18H,5-6,8-9H2,1-2H3. The molecular weight excluding hydrogens is 250 g/mol. The zero-order chi connectivity index (χ0) is 13.9. The zero-order valence-electron chi connectivity index (χ0n) is 12.1. The fourth-order valence-electron chi connectivity index (χ4n) is 2.62. The number of hydrogen-bond acceptors (Lipinski definition) is 4. The van der Waals surface area contributed by atoms with E-state index in [0.29, 0.717) is 6.04 Å². The fourth-order valence-corrected chi connectivity index (χ4v) is 2.62. The van der Waals surface area contributed by atoms with Crippen LogP contribution in [0.25, 0.3) is 5.82 Å². The fraction of sp³-hybridized carbons (Fsp3) is 0.467. The number of anilines is 1. The average Bonchev–Trinajstić information content (AvgIpc) is 2.89. The number of nitrogens with one attached hydrogen (secondary N) is 1. The number of aromatic nitrogens is 3. The van der Waals surface area contributed by atoms with E-state index >= 15 is 0 Å². The van der Waals surface area contributed by atoms with Crippen LogP contribution in [0, 0.1) is 6.92 Å². The van der Waals surface area contributed by atoms with E-state index in [9.17, 15) is 0 Å². The highest BCUT2D eigenvalue weighted by atomic mass is 15.1. The summed E-state index contributed by atoms with van der Waals surface area (Å²) in [7, 11) is 2.18. The third kappa shape index (κ3) is 2.82. The Hall–Kier alpha value is -1.88. The van der Waals surface area contributed by atoms with Crippen molar-refractivity contribution >= 4 is 5.69 Å². The number of hydrogen-bond donors (Lipinski definition) is 1. The summed E-state index contributed by atoms with van der Waals surface area (Å²) in [5, 5.41) is 3.57. The maximum atomic E-state index is 4.51. The number of rotatable bonds is 3. The molecule has 0 atom stereocenters. The Balaban J connectivity index is 1.66. The zero-order valence-corrected chi connectivity index (χ0v) is 12.1. The second kappa shape index (κ2) is 5.63. The molecule has 2 aromatic rings. The van der Waals surface area contributed by atoms with Crippen LogP contribution in [0.4, 0.5) is 5.69 Å². The van der Waals surface area contributed by atoms with Gasteiger partial charge in [0, 0.05) is 18.4 Å². The van der Waals surface area contributed by atoms with E-state index in [-0.39, 0.29) is 0 Å². The number of aryl methyl sites for hydroxylation is 1. The number of imidazole rings is 1. The number of piperidine rings is 1. The molecule has 0 bridgehead atoms. The molecule has 0 spiro atoms. The van der Waals surface area contributed by atoms with Gasteiger partial charge in [-0.1, -0.05) is 0 Å². The summed E-state index contributed by atoms with van der Waals surface area (Å²) in [4.78, 5) is 11.1. The SMILES string of the molecule is Cc1nccn1-c1ccc(NC2CCN(C)CC2)cn1. The minimum atomic E-state index is 0.564. The van der Waals surface area contributed by atoms with Crippen LogP contribution in [0.2, 0.25) is 0 Å². The van der Waals surface area contributed by atoms with Gasteiger partial charge in [-0.15, -0.1) is 0 Å². The first kappa shape index (κ1) is 13.1. The third-order valence-electron chi connectivity index (χ3n) is 3.91. The molecule has 20 heavy (non-hydrogen) atoms. The molecule has 2 aromatic heterocycles. The van der Waals surface area contributed by atoms with Crippen LogP contribution in [-0.4, -0.2) is 45.6 Å². The van der Waals surface area contributed by atoms with E-state index in [0.717, 1.165) is 30.4 Å². The van der Waals surface area contributed by atoms with Crippen LogP contribution in [0.5, 0.6) is 0 Å². The average molecular weight is 271 g/mol. The monoisotopic (exact) mass is 271 g/mol. The van der Waals surface area contributed by atoms with Gasteiger partial charge in [0.15, 0.2) is 0 Å². The van der Waals surface area contributed by atoms with E-state index in [1.54, 1.807) is 6.20 Å². The smallest absolute Gasteiger partial charge is 0.138 e. The molecule has 1 aliphatic rings. The van der Waals surface area contributed by atoms with Gasteiger partial charge >= 0.3 is 0 Å². The Bertz CT molecular complexity index is 552. The minimum absolute atomic E-state index is 0.564. The van der Waals surface area contributed by atoms with Crippen molar-refractivity contribution in [2.24, 2.45) is 0 Å². The maximum Gasteiger partial charge on any atom is 0.138 e. The van der Waals surface area contributed by atoms with Gasteiger partial charge in [-0.05, 0) is 52.0 Å². The quantitative estimate of drug-likeness (QED) is 0.928. The van der Waals surface area contributed by atoms with E-state index < -0.39 is 0 Å². The Morgan fingerprint density at radius 2 is 2.00 bits per heavy atom. The topological polar surface area (TPSA) is 46.0 Å². The molecule has 1 N–H and O–H groups in total. The molecule has 3 heterocycles. The van der Waals surface area contributed by atoms with Crippen molar-refractivity contribution in [1.82, 2.24) is 19.4 Å². The van der Waals surface area contributed by atoms with Crippen molar-refractivity contribution < 1.29 is 0 Å². The van der Waals surface area contributed by atoms with E-state index in [2.05, 4.69) is 33.3 Å². The molecule has 0 saturated carbocycles. The lowest BCUT2D eigenvalue weighted by Crippen LogP contribution is -2.36. The first-order valence-corrected chi connectivity index (χ1v) is 7.14. The lowest BCUT2D eigenvalue weighted by atomic mass is 10.1. The number of likely N-dealkylation sites (tertiary alicyclic amines) is 1. The van der Waals surface area contributed by atoms with Gasteiger partial charge in [-0.2, -0.15) is 0 Å². The molecule has 0 aliphatic carbocycles. The second-order valence-corrected chi connectivity index (χ2v) is 5.47. The highest BCUT2D eigenvalue weighted by Gasteiger charge is 2.16. The van der Waals surface area contributed by atoms with E-state index in [1.165, 1.54) is 12.8 Å². The molecule has 1 saturated heterocycles. The number of pyridine rings is 1. The van der Waals surface area contributed by atoms with Crippen LogP contribution in [0.3, 0.4) is 0 Å². The minimum Gasteiger partial charge on any atom is -0.381 e.